The van der Waals surface area contributed by atoms with Gasteiger partial charge in [0, 0.05) is 19.3 Å². The fraction of sp³-hybridized carbons (Fsp3) is 0.842. The molecule has 0 spiro atoms. The molecule has 0 bridgehead atoms. The summed E-state index contributed by atoms with van der Waals surface area (Å²) in [7, 11) is 0. The fourth-order valence-electron chi connectivity index (χ4n) is 7.88. The predicted molar refractivity (Wildman–Crippen MR) is 270 cm³/mol. The van der Waals surface area contributed by atoms with E-state index in [2.05, 4.69) is 57.2 Å². The zero-order chi connectivity index (χ0) is 45.8. The fourth-order valence-corrected chi connectivity index (χ4v) is 7.88. The molecule has 0 heterocycles. The highest BCUT2D eigenvalue weighted by molar-refractivity contribution is 5.71. The SMILES string of the molecule is CCCC/C=C\CCCCCCCC(=O)O[C@@H](COC(=O)CCCCCCC/C=C\CCCCCCCC)COC(=O)CCCCCCCCCCC/C=C\CCCCCCCC. The van der Waals surface area contributed by atoms with E-state index in [1.807, 2.05) is 0 Å². The molecule has 0 radical (unpaired) electrons. The maximum atomic E-state index is 12.8. The van der Waals surface area contributed by atoms with Gasteiger partial charge in [-0.05, 0) is 89.9 Å². The average Bonchev–Trinajstić information content (AvgIpc) is 3.28. The van der Waals surface area contributed by atoms with Crippen molar-refractivity contribution in [2.24, 2.45) is 0 Å². The molecule has 0 aliphatic rings. The maximum Gasteiger partial charge on any atom is 0.306 e. The average molecular weight is 885 g/mol. The first-order valence-electron chi connectivity index (χ1n) is 27.5. The van der Waals surface area contributed by atoms with Crippen molar-refractivity contribution in [1.29, 1.82) is 0 Å². The van der Waals surface area contributed by atoms with Gasteiger partial charge in [0.15, 0.2) is 6.10 Å². The minimum absolute atomic E-state index is 0.0774. The lowest BCUT2D eigenvalue weighted by Gasteiger charge is -2.18. The molecular weight excluding hydrogens is 781 g/mol. The third-order valence-electron chi connectivity index (χ3n) is 12.1. The first-order valence-corrected chi connectivity index (χ1v) is 27.5. The van der Waals surface area contributed by atoms with E-state index in [-0.39, 0.29) is 31.1 Å². The first-order chi connectivity index (χ1) is 31.0. The Balaban J connectivity index is 4.30. The number of ether oxygens (including phenoxy) is 3. The summed E-state index contributed by atoms with van der Waals surface area (Å²) in [6.07, 6.45) is 61.3. The van der Waals surface area contributed by atoms with E-state index in [0.717, 1.165) is 77.0 Å². The highest BCUT2D eigenvalue weighted by Crippen LogP contribution is 2.15. The largest absolute Gasteiger partial charge is 0.462 e. The number of allylic oxidation sites excluding steroid dienone is 6. The summed E-state index contributed by atoms with van der Waals surface area (Å²) in [6, 6.07) is 0. The van der Waals surface area contributed by atoms with Crippen molar-refractivity contribution in [1.82, 2.24) is 0 Å². The number of esters is 3. The highest BCUT2D eigenvalue weighted by atomic mass is 16.6. The second-order valence-corrected chi connectivity index (χ2v) is 18.5. The van der Waals surface area contributed by atoms with E-state index in [1.165, 1.54) is 173 Å². The molecule has 6 heteroatoms. The molecule has 0 aromatic carbocycles. The van der Waals surface area contributed by atoms with Crippen LogP contribution in [0.1, 0.15) is 290 Å². The van der Waals surface area contributed by atoms with Gasteiger partial charge in [-0.15, -0.1) is 0 Å². The van der Waals surface area contributed by atoms with Gasteiger partial charge in [0.1, 0.15) is 13.2 Å². The molecule has 368 valence electrons. The van der Waals surface area contributed by atoms with Crippen molar-refractivity contribution in [3.63, 3.8) is 0 Å². The summed E-state index contributed by atoms with van der Waals surface area (Å²) < 4.78 is 16.8. The van der Waals surface area contributed by atoms with Gasteiger partial charge in [0.2, 0.25) is 0 Å². The Labute approximate surface area is 391 Å². The van der Waals surface area contributed by atoms with E-state index < -0.39 is 6.10 Å². The van der Waals surface area contributed by atoms with Gasteiger partial charge in [0.05, 0.1) is 0 Å². The first kappa shape index (κ1) is 60.6. The van der Waals surface area contributed by atoms with Crippen LogP contribution < -0.4 is 0 Å². The lowest BCUT2D eigenvalue weighted by Crippen LogP contribution is -2.30. The van der Waals surface area contributed by atoms with Gasteiger partial charge in [-0.25, -0.2) is 0 Å². The number of carbonyl (C=O) groups excluding carboxylic acids is 3. The molecule has 0 aliphatic heterocycles. The van der Waals surface area contributed by atoms with E-state index >= 15 is 0 Å². The standard InChI is InChI=1S/C57H104O6/c1-4-7-10-13-16-19-22-24-26-27-28-29-31-33-36-38-41-44-47-50-56(59)62-53-54(63-57(60)51-48-45-42-39-34-21-18-15-12-9-6-3)52-61-55(58)49-46-43-40-37-35-32-30-25-23-20-17-14-11-8-5-2/h15,18,24-26,30,54H,4-14,16-17,19-23,27-29,31-53H2,1-3H3/b18-15-,26-24-,30-25-/t54-/m0/s1. The number of rotatable bonds is 50. The zero-order valence-electron chi connectivity index (χ0n) is 42.1. The van der Waals surface area contributed by atoms with E-state index in [0.29, 0.717) is 19.3 Å². The predicted octanol–water partition coefficient (Wildman–Crippen LogP) is 18.1. The summed E-state index contributed by atoms with van der Waals surface area (Å²) in [6.45, 7) is 6.60. The molecule has 0 aliphatic carbocycles. The van der Waals surface area contributed by atoms with Crippen molar-refractivity contribution < 1.29 is 28.6 Å². The Bertz CT molecular complexity index is 1060. The van der Waals surface area contributed by atoms with Gasteiger partial charge in [-0.1, -0.05) is 218 Å². The molecule has 0 aromatic heterocycles. The minimum atomic E-state index is -0.778. The summed E-state index contributed by atoms with van der Waals surface area (Å²) in [4.78, 5) is 38.0. The summed E-state index contributed by atoms with van der Waals surface area (Å²) >= 11 is 0. The van der Waals surface area contributed by atoms with Gasteiger partial charge < -0.3 is 14.2 Å². The van der Waals surface area contributed by atoms with Crippen LogP contribution in [0.5, 0.6) is 0 Å². The van der Waals surface area contributed by atoms with Crippen molar-refractivity contribution in [3.8, 4) is 0 Å². The van der Waals surface area contributed by atoms with Crippen molar-refractivity contribution in [2.45, 2.75) is 297 Å². The number of hydrogen-bond donors (Lipinski definition) is 0. The summed E-state index contributed by atoms with van der Waals surface area (Å²) in [5.74, 6) is -0.887. The van der Waals surface area contributed by atoms with Crippen LogP contribution in [0.4, 0.5) is 0 Å². The Kier molecular flexibility index (Phi) is 50.3. The lowest BCUT2D eigenvalue weighted by atomic mass is 10.1. The third kappa shape index (κ3) is 50.5. The normalized spacial score (nSPS) is 12.2. The van der Waals surface area contributed by atoms with E-state index in [9.17, 15) is 14.4 Å². The summed E-state index contributed by atoms with van der Waals surface area (Å²) in [5.41, 5.74) is 0. The summed E-state index contributed by atoms with van der Waals surface area (Å²) in [5, 5.41) is 0. The third-order valence-corrected chi connectivity index (χ3v) is 12.1. The van der Waals surface area contributed by atoms with Crippen LogP contribution in [-0.2, 0) is 28.6 Å². The molecule has 0 aromatic rings. The number of carbonyl (C=O) groups is 3. The Hall–Kier alpha value is -2.37. The molecule has 63 heavy (non-hydrogen) atoms. The monoisotopic (exact) mass is 885 g/mol. The van der Waals surface area contributed by atoms with Crippen LogP contribution in [-0.4, -0.2) is 37.2 Å². The van der Waals surface area contributed by atoms with E-state index in [1.54, 1.807) is 0 Å². The maximum absolute atomic E-state index is 12.8. The van der Waals surface area contributed by atoms with Crippen LogP contribution in [0.3, 0.4) is 0 Å². The number of unbranched alkanes of at least 4 members (excludes halogenated alkanes) is 33. The van der Waals surface area contributed by atoms with Crippen LogP contribution >= 0.6 is 0 Å². The molecular formula is C57H104O6. The zero-order valence-corrected chi connectivity index (χ0v) is 42.1. The van der Waals surface area contributed by atoms with Crippen LogP contribution in [0.2, 0.25) is 0 Å². The molecule has 6 nitrogen and oxygen atoms in total. The molecule has 0 unspecified atom stereocenters. The topological polar surface area (TPSA) is 78.9 Å². The van der Waals surface area contributed by atoms with Gasteiger partial charge in [0.25, 0.3) is 0 Å². The molecule has 0 saturated heterocycles. The van der Waals surface area contributed by atoms with Crippen LogP contribution in [0, 0.1) is 0 Å². The molecule has 0 amide bonds. The second kappa shape index (κ2) is 52.3. The molecule has 0 N–H and O–H groups in total. The van der Waals surface area contributed by atoms with Crippen molar-refractivity contribution in [3.05, 3.63) is 36.5 Å². The molecule has 0 rings (SSSR count). The van der Waals surface area contributed by atoms with Crippen LogP contribution in [0.25, 0.3) is 0 Å². The second-order valence-electron chi connectivity index (χ2n) is 18.5. The number of hydrogen-bond acceptors (Lipinski definition) is 6. The Morgan fingerprint density at radius 2 is 0.540 bits per heavy atom. The smallest absolute Gasteiger partial charge is 0.306 e. The van der Waals surface area contributed by atoms with Crippen molar-refractivity contribution >= 4 is 17.9 Å². The van der Waals surface area contributed by atoms with Gasteiger partial charge in [-0.3, -0.25) is 14.4 Å². The van der Waals surface area contributed by atoms with E-state index in [4.69, 9.17) is 14.2 Å². The quantitative estimate of drug-likeness (QED) is 0.0262. The van der Waals surface area contributed by atoms with Gasteiger partial charge >= 0.3 is 17.9 Å². The lowest BCUT2D eigenvalue weighted by molar-refractivity contribution is -0.167. The van der Waals surface area contributed by atoms with Crippen LogP contribution in [0.15, 0.2) is 36.5 Å². The minimum Gasteiger partial charge on any atom is -0.462 e. The molecule has 0 fully saturated rings. The Morgan fingerprint density at radius 1 is 0.302 bits per heavy atom. The molecule has 0 saturated carbocycles. The van der Waals surface area contributed by atoms with Crippen molar-refractivity contribution in [2.75, 3.05) is 13.2 Å². The Morgan fingerprint density at radius 3 is 0.841 bits per heavy atom. The molecule has 1 atom stereocenters. The van der Waals surface area contributed by atoms with Gasteiger partial charge in [-0.2, -0.15) is 0 Å². The highest BCUT2D eigenvalue weighted by Gasteiger charge is 2.19.